The predicted molar refractivity (Wildman–Crippen MR) is 87.9 cm³/mol. The molecule has 24 heavy (non-hydrogen) atoms. The van der Waals surface area contributed by atoms with E-state index in [-0.39, 0.29) is 24.2 Å². The number of carbonyl (C=O) groups excluding carboxylic acids is 2. The van der Waals surface area contributed by atoms with Crippen molar-refractivity contribution >= 4 is 23.6 Å². The van der Waals surface area contributed by atoms with E-state index in [2.05, 4.69) is 25.7 Å². The number of carbonyl (C=O) groups is 2. The summed E-state index contributed by atoms with van der Waals surface area (Å²) in [6.07, 6.45) is 3.60. The number of hydrogen-bond donors (Lipinski definition) is 2. The van der Waals surface area contributed by atoms with E-state index < -0.39 is 0 Å². The molecule has 0 aromatic carbocycles. The topological polar surface area (TPSA) is 104 Å². The van der Waals surface area contributed by atoms with E-state index in [1.165, 1.54) is 11.8 Å². The normalized spacial score (nSPS) is 17.2. The fourth-order valence-electron chi connectivity index (χ4n) is 2.52. The smallest absolute Gasteiger partial charge is 0.225 e. The molecule has 1 atom stereocenters. The largest absolute Gasteiger partial charge is 0.355 e. The maximum atomic E-state index is 12.2. The van der Waals surface area contributed by atoms with Gasteiger partial charge in [0.1, 0.15) is 5.03 Å². The first-order chi connectivity index (χ1) is 11.7. The van der Waals surface area contributed by atoms with Gasteiger partial charge in [-0.25, -0.2) is 0 Å². The molecule has 9 heteroatoms. The number of hydrogen-bond acceptors (Lipinski definition) is 6. The number of H-pyrrole nitrogens is 1. The maximum Gasteiger partial charge on any atom is 0.225 e. The first kappa shape index (κ1) is 16.4. The van der Waals surface area contributed by atoms with Crippen molar-refractivity contribution in [3.8, 4) is 0 Å². The van der Waals surface area contributed by atoms with E-state index in [0.29, 0.717) is 25.4 Å². The summed E-state index contributed by atoms with van der Waals surface area (Å²) in [5, 5.41) is 13.9. The lowest BCUT2D eigenvalue weighted by atomic mass is 10.1. The van der Waals surface area contributed by atoms with Gasteiger partial charge < -0.3 is 10.2 Å². The van der Waals surface area contributed by atoms with E-state index in [9.17, 15) is 9.59 Å². The molecule has 2 amide bonds. The number of pyridine rings is 1. The molecule has 2 aromatic rings. The number of nitrogens with one attached hydrogen (secondary N) is 2. The van der Waals surface area contributed by atoms with Crippen LogP contribution in [0.3, 0.4) is 0 Å². The summed E-state index contributed by atoms with van der Waals surface area (Å²) in [5.74, 6) is 0.333. The Balaban J connectivity index is 1.42. The van der Waals surface area contributed by atoms with Crippen molar-refractivity contribution in [2.45, 2.75) is 18.0 Å². The van der Waals surface area contributed by atoms with Crippen molar-refractivity contribution < 1.29 is 9.59 Å². The van der Waals surface area contributed by atoms with E-state index in [0.717, 1.165) is 10.7 Å². The molecule has 3 heterocycles. The molecular weight excluding hydrogens is 328 g/mol. The van der Waals surface area contributed by atoms with Gasteiger partial charge in [-0.05, 0) is 12.1 Å². The summed E-state index contributed by atoms with van der Waals surface area (Å²) in [5.41, 5.74) is 0.830. The van der Waals surface area contributed by atoms with Gasteiger partial charge in [0.05, 0.1) is 24.4 Å². The minimum absolute atomic E-state index is 0.00206. The van der Waals surface area contributed by atoms with Crippen molar-refractivity contribution in [3.63, 3.8) is 0 Å². The molecule has 0 radical (unpaired) electrons. The van der Waals surface area contributed by atoms with Crippen molar-refractivity contribution in [2.24, 2.45) is 5.92 Å². The number of aromatic nitrogens is 4. The van der Waals surface area contributed by atoms with Gasteiger partial charge in [0.2, 0.25) is 11.8 Å². The fourth-order valence-corrected chi connectivity index (χ4v) is 3.17. The Labute approximate surface area is 143 Å². The van der Waals surface area contributed by atoms with Crippen molar-refractivity contribution in [1.29, 1.82) is 0 Å². The van der Waals surface area contributed by atoms with Gasteiger partial charge in [-0.2, -0.15) is 10.3 Å². The van der Waals surface area contributed by atoms with E-state index in [1.54, 1.807) is 17.3 Å². The average Bonchev–Trinajstić information content (AvgIpc) is 3.23. The zero-order chi connectivity index (χ0) is 16.8. The minimum Gasteiger partial charge on any atom is -0.355 e. The van der Waals surface area contributed by atoms with Crippen LogP contribution in [0.4, 0.5) is 0 Å². The minimum atomic E-state index is -0.293. The molecule has 1 aliphatic rings. The molecule has 2 aromatic heterocycles. The second-order valence-corrected chi connectivity index (χ2v) is 6.56. The SMILES string of the molecule is O=C(NCCSc1cn[nH]n1)C1CC(=O)N(Cc2ccccn2)C1. The second kappa shape index (κ2) is 7.91. The zero-order valence-corrected chi connectivity index (χ0v) is 13.8. The van der Waals surface area contributed by atoms with E-state index in [4.69, 9.17) is 0 Å². The Kier molecular flexibility index (Phi) is 5.42. The Hall–Kier alpha value is -2.42. The molecule has 126 valence electrons. The van der Waals surface area contributed by atoms with E-state index in [1.807, 2.05) is 18.2 Å². The molecule has 0 aliphatic carbocycles. The summed E-state index contributed by atoms with van der Waals surface area (Å²) in [6.45, 7) is 1.42. The number of thioether (sulfide) groups is 1. The quantitative estimate of drug-likeness (QED) is 0.557. The van der Waals surface area contributed by atoms with Crippen LogP contribution in [-0.2, 0) is 16.1 Å². The number of aromatic amines is 1. The number of amides is 2. The van der Waals surface area contributed by atoms with Crippen LogP contribution in [0.5, 0.6) is 0 Å². The van der Waals surface area contributed by atoms with Crippen LogP contribution in [0.25, 0.3) is 0 Å². The molecule has 1 fully saturated rings. The molecular formula is C15H18N6O2S. The van der Waals surface area contributed by atoms with Gasteiger partial charge >= 0.3 is 0 Å². The van der Waals surface area contributed by atoms with Crippen molar-refractivity contribution in [3.05, 3.63) is 36.3 Å². The fraction of sp³-hybridized carbons (Fsp3) is 0.400. The lowest BCUT2D eigenvalue weighted by molar-refractivity contribution is -0.129. The molecule has 3 rings (SSSR count). The van der Waals surface area contributed by atoms with Crippen LogP contribution < -0.4 is 5.32 Å². The molecule has 1 unspecified atom stereocenters. The van der Waals surface area contributed by atoms with Crippen LogP contribution in [-0.4, -0.2) is 56.0 Å². The van der Waals surface area contributed by atoms with Crippen molar-refractivity contribution in [2.75, 3.05) is 18.8 Å². The second-order valence-electron chi connectivity index (χ2n) is 5.44. The third kappa shape index (κ3) is 4.31. The Morgan fingerprint density at radius 1 is 1.46 bits per heavy atom. The highest BCUT2D eigenvalue weighted by Crippen LogP contribution is 2.20. The van der Waals surface area contributed by atoms with Crippen LogP contribution in [0, 0.1) is 5.92 Å². The molecule has 0 saturated carbocycles. The van der Waals surface area contributed by atoms with Crippen LogP contribution in [0.2, 0.25) is 0 Å². The highest BCUT2D eigenvalue weighted by atomic mass is 32.2. The van der Waals surface area contributed by atoms with E-state index >= 15 is 0 Å². The average molecular weight is 346 g/mol. The molecule has 2 N–H and O–H groups in total. The van der Waals surface area contributed by atoms with Crippen molar-refractivity contribution in [1.82, 2.24) is 30.6 Å². The highest BCUT2D eigenvalue weighted by molar-refractivity contribution is 7.99. The van der Waals surface area contributed by atoms with Gasteiger partial charge in [-0.1, -0.05) is 6.07 Å². The zero-order valence-electron chi connectivity index (χ0n) is 13.0. The highest BCUT2D eigenvalue weighted by Gasteiger charge is 2.34. The van der Waals surface area contributed by atoms with Crippen LogP contribution in [0.15, 0.2) is 35.6 Å². The third-order valence-corrected chi connectivity index (χ3v) is 4.61. The van der Waals surface area contributed by atoms with Gasteiger partial charge in [0.25, 0.3) is 0 Å². The van der Waals surface area contributed by atoms with Crippen LogP contribution in [0.1, 0.15) is 12.1 Å². The third-order valence-electron chi connectivity index (χ3n) is 3.71. The molecule has 0 spiro atoms. The van der Waals surface area contributed by atoms with Gasteiger partial charge in [-0.15, -0.1) is 16.9 Å². The summed E-state index contributed by atoms with van der Waals surface area (Å²) < 4.78 is 0. The molecule has 1 aliphatic heterocycles. The summed E-state index contributed by atoms with van der Waals surface area (Å²) in [4.78, 5) is 30.2. The number of rotatable bonds is 7. The van der Waals surface area contributed by atoms with Gasteiger partial charge in [0, 0.05) is 31.5 Å². The summed E-state index contributed by atoms with van der Waals surface area (Å²) in [6, 6.07) is 5.60. The Morgan fingerprint density at radius 2 is 2.38 bits per heavy atom. The summed E-state index contributed by atoms with van der Waals surface area (Å²) in [7, 11) is 0. The monoisotopic (exact) mass is 346 g/mol. The first-order valence-corrected chi connectivity index (χ1v) is 8.65. The lowest BCUT2D eigenvalue weighted by Crippen LogP contribution is -2.34. The Morgan fingerprint density at radius 3 is 3.12 bits per heavy atom. The van der Waals surface area contributed by atoms with Gasteiger partial charge in [-0.3, -0.25) is 14.6 Å². The lowest BCUT2D eigenvalue weighted by Gasteiger charge is -2.16. The number of nitrogens with zero attached hydrogens (tertiary/aromatic N) is 4. The maximum absolute atomic E-state index is 12.2. The number of likely N-dealkylation sites (tertiary alicyclic amines) is 1. The summed E-state index contributed by atoms with van der Waals surface area (Å²) >= 11 is 1.51. The van der Waals surface area contributed by atoms with Gasteiger partial charge in [0.15, 0.2) is 0 Å². The van der Waals surface area contributed by atoms with Crippen LogP contribution >= 0.6 is 11.8 Å². The predicted octanol–water partition coefficient (Wildman–Crippen LogP) is 0.457. The molecule has 0 bridgehead atoms. The molecule has 8 nitrogen and oxygen atoms in total. The molecule has 1 saturated heterocycles. The standard InChI is InChI=1S/C15H18N6O2S/c22-14-7-11(9-21(14)10-12-3-1-2-4-16-12)15(23)17-5-6-24-13-8-18-20-19-13/h1-4,8,11H,5-7,9-10H2,(H,17,23)(H,18,19,20). The first-order valence-electron chi connectivity index (χ1n) is 7.66. The Bertz CT molecular complexity index is 679.